The number of nitrogens with one attached hydrogen (secondary N) is 1. The summed E-state index contributed by atoms with van der Waals surface area (Å²) in [5.74, 6) is 0.123. The van der Waals surface area contributed by atoms with Gasteiger partial charge in [0.1, 0.15) is 21.9 Å². The van der Waals surface area contributed by atoms with Crippen molar-refractivity contribution in [3.05, 3.63) is 69.9 Å². The molecule has 0 spiro atoms. The summed E-state index contributed by atoms with van der Waals surface area (Å²) in [5.41, 5.74) is 0.898. The number of halogens is 2. The highest BCUT2D eigenvalue weighted by Crippen LogP contribution is 2.30. The van der Waals surface area contributed by atoms with Crippen LogP contribution in [0.1, 0.15) is 5.56 Å². The number of aromatic nitrogens is 2. The van der Waals surface area contributed by atoms with Crippen molar-refractivity contribution in [2.45, 2.75) is 11.5 Å². The zero-order valence-electron chi connectivity index (χ0n) is 14.6. The Morgan fingerprint density at radius 2 is 1.93 bits per heavy atom. The molecule has 0 fully saturated rings. The van der Waals surface area contributed by atoms with Gasteiger partial charge in [-0.15, -0.1) is 0 Å². The number of sulfonamides is 1. The lowest BCUT2D eigenvalue weighted by Gasteiger charge is -2.14. The van der Waals surface area contributed by atoms with Gasteiger partial charge in [0.05, 0.1) is 13.3 Å². The van der Waals surface area contributed by atoms with Gasteiger partial charge >= 0.3 is 0 Å². The van der Waals surface area contributed by atoms with Crippen molar-refractivity contribution < 1.29 is 17.9 Å². The van der Waals surface area contributed by atoms with Crippen LogP contribution in [-0.4, -0.2) is 25.5 Å². The summed E-state index contributed by atoms with van der Waals surface area (Å²) in [6, 6.07) is 13.7. The van der Waals surface area contributed by atoms with Crippen LogP contribution in [0.15, 0.2) is 64.2 Å². The van der Waals surface area contributed by atoms with Crippen LogP contribution in [0.3, 0.4) is 0 Å². The highest BCUT2D eigenvalue weighted by Gasteiger charge is 2.23. The molecule has 0 bridgehead atoms. The first kappa shape index (κ1) is 20.4. The summed E-state index contributed by atoms with van der Waals surface area (Å²) < 4.78 is 39.3. The topological polar surface area (TPSA) is 90.4 Å². The molecule has 0 amide bonds. The third-order valence-corrected chi connectivity index (χ3v) is 5.55. The van der Waals surface area contributed by atoms with Crippen molar-refractivity contribution in [1.29, 1.82) is 0 Å². The molecule has 146 valence electrons. The van der Waals surface area contributed by atoms with Gasteiger partial charge in [0.25, 0.3) is 15.9 Å². The molecule has 2 aromatic carbocycles. The normalized spacial score (nSPS) is 11.1. The largest absolute Gasteiger partial charge is 0.495 e. The molecule has 0 saturated heterocycles. The van der Waals surface area contributed by atoms with Gasteiger partial charge in [0, 0.05) is 5.02 Å². The van der Waals surface area contributed by atoms with E-state index in [9.17, 15) is 8.42 Å². The third kappa shape index (κ3) is 4.92. The summed E-state index contributed by atoms with van der Waals surface area (Å²) in [6.45, 7) is 0.196. The van der Waals surface area contributed by atoms with Crippen molar-refractivity contribution >= 4 is 43.4 Å². The summed E-state index contributed by atoms with van der Waals surface area (Å²) in [5, 5.41) is 0.253. The van der Waals surface area contributed by atoms with Crippen molar-refractivity contribution in [2.75, 3.05) is 11.8 Å². The Bertz CT molecular complexity index is 1080. The molecule has 1 N–H and O–H groups in total. The molecule has 0 saturated carbocycles. The maximum absolute atomic E-state index is 12.9. The van der Waals surface area contributed by atoms with Gasteiger partial charge in [0.2, 0.25) is 5.82 Å². The quantitative estimate of drug-likeness (QED) is 0.538. The van der Waals surface area contributed by atoms with Crippen LogP contribution in [0.25, 0.3) is 0 Å². The Morgan fingerprint density at radius 3 is 2.64 bits per heavy atom. The number of rotatable bonds is 7. The molecule has 0 radical (unpaired) electrons. The Balaban J connectivity index is 1.90. The molecule has 3 rings (SSSR count). The van der Waals surface area contributed by atoms with Crippen molar-refractivity contribution in [1.82, 2.24) is 9.97 Å². The third-order valence-electron chi connectivity index (χ3n) is 3.58. The molecule has 7 nitrogen and oxygen atoms in total. The fourth-order valence-corrected chi connectivity index (χ4v) is 3.99. The van der Waals surface area contributed by atoms with Crippen LogP contribution >= 0.6 is 27.5 Å². The molecular weight excluding hydrogens is 470 g/mol. The zero-order chi connectivity index (χ0) is 20.1. The van der Waals surface area contributed by atoms with Crippen LogP contribution in [0.2, 0.25) is 5.02 Å². The van der Waals surface area contributed by atoms with Gasteiger partial charge in [-0.1, -0.05) is 41.9 Å². The smallest absolute Gasteiger partial charge is 0.266 e. The average Bonchev–Trinajstić information content (AvgIpc) is 2.69. The minimum absolute atomic E-state index is 0.0304. The molecule has 1 aromatic heterocycles. The predicted octanol–water partition coefficient (Wildman–Crippen LogP) is 4.28. The lowest BCUT2D eigenvalue weighted by molar-refractivity contribution is 0.294. The number of methoxy groups -OCH3 is 1. The fourth-order valence-electron chi connectivity index (χ4n) is 2.29. The first-order valence-electron chi connectivity index (χ1n) is 7.94. The van der Waals surface area contributed by atoms with Crippen LogP contribution in [0.4, 0.5) is 5.82 Å². The number of ether oxygens (including phenoxy) is 2. The summed E-state index contributed by atoms with van der Waals surface area (Å²) in [4.78, 5) is 8.13. The second-order valence-electron chi connectivity index (χ2n) is 5.52. The van der Waals surface area contributed by atoms with Gasteiger partial charge in [-0.2, -0.15) is 0 Å². The van der Waals surface area contributed by atoms with E-state index in [1.165, 1.54) is 31.5 Å². The van der Waals surface area contributed by atoms with Gasteiger partial charge < -0.3 is 9.47 Å². The van der Waals surface area contributed by atoms with E-state index in [0.717, 1.165) is 5.56 Å². The van der Waals surface area contributed by atoms with E-state index in [-0.39, 0.29) is 34.0 Å². The van der Waals surface area contributed by atoms with Crippen molar-refractivity contribution in [3.8, 4) is 11.6 Å². The molecule has 0 aliphatic heterocycles. The SMILES string of the molecule is COc1ccc(Cl)cc1S(=O)(=O)Nc1ncc(Br)nc1OCc1ccccc1. The van der Waals surface area contributed by atoms with Crippen molar-refractivity contribution in [2.24, 2.45) is 0 Å². The number of nitrogens with zero attached hydrogens (tertiary/aromatic N) is 2. The second kappa shape index (κ2) is 8.76. The number of hydrogen-bond acceptors (Lipinski definition) is 6. The summed E-state index contributed by atoms with van der Waals surface area (Å²) in [7, 11) is -2.68. The van der Waals surface area contributed by atoms with Crippen LogP contribution in [0, 0.1) is 0 Å². The Hall–Kier alpha value is -2.36. The zero-order valence-corrected chi connectivity index (χ0v) is 17.8. The first-order valence-corrected chi connectivity index (χ1v) is 10.6. The van der Waals surface area contributed by atoms with E-state index in [2.05, 4.69) is 30.6 Å². The van der Waals surface area contributed by atoms with Gasteiger partial charge in [-0.05, 0) is 39.7 Å². The number of hydrogen-bond donors (Lipinski definition) is 1. The lowest BCUT2D eigenvalue weighted by Crippen LogP contribution is -2.16. The molecule has 0 atom stereocenters. The molecule has 10 heteroatoms. The second-order valence-corrected chi connectivity index (χ2v) is 8.42. The van der Waals surface area contributed by atoms with E-state index in [0.29, 0.717) is 4.60 Å². The molecule has 3 aromatic rings. The van der Waals surface area contributed by atoms with E-state index in [1.807, 2.05) is 30.3 Å². The molecule has 0 aliphatic carbocycles. The van der Waals surface area contributed by atoms with Crippen LogP contribution in [-0.2, 0) is 16.6 Å². The number of benzene rings is 2. The van der Waals surface area contributed by atoms with E-state index in [4.69, 9.17) is 21.1 Å². The van der Waals surface area contributed by atoms with Gasteiger partial charge in [-0.3, -0.25) is 4.72 Å². The molecule has 0 aliphatic rings. The maximum atomic E-state index is 12.9. The molecular formula is C18H15BrClN3O4S. The average molecular weight is 485 g/mol. The Kier molecular flexibility index (Phi) is 6.38. The first-order chi connectivity index (χ1) is 13.4. The molecule has 28 heavy (non-hydrogen) atoms. The number of anilines is 1. The van der Waals surface area contributed by atoms with E-state index < -0.39 is 10.0 Å². The maximum Gasteiger partial charge on any atom is 0.266 e. The minimum Gasteiger partial charge on any atom is -0.495 e. The van der Waals surface area contributed by atoms with Crippen LogP contribution < -0.4 is 14.2 Å². The highest BCUT2D eigenvalue weighted by molar-refractivity contribution is 9.10. The van der Waals surface area contributed by atoms with Crippen molar-refractivity contribution in [3.63, 3.8) is 0 Å². The van der Waals surface area contributed by atoms with Gasteiger partial charge in [0.15, 0.2) is 0 Å². The van der Waals surface area contributed by atoms with Gasteiger partial charge in [-0.25, -0.2) is 18.4 Å². The summed E-state index contributed by atoms with van der Waals surface area (Å²) >= 11 is 9.16. The molecule has 0 unspecified atom stereocenters. The molecule has 1 heterocycles. The predicted molar refractivity (Wildman–Crippen MR) is 109 cm³/mol. The lowest BCUT2D eigenvalue weighted by atomic mass is 10.2. The fraction of sp³-hybridized carbons (Fsp3) is 0.111. The Morgan fingerprint density at radius 1 is 1.18 bits per heavy atom. The Labute approximate surface area is 175 Å². The van der Waals surface area contributed by atoms with E-state index >= 15 is 0 Å². The highest BCUT2D eigenvalue weighted by atomic mass is 79.9. The standard InChI is InChI=1S/C18H15BrClN3O4S/c1-26-14-8-7-13(20)9-15(14)28(24,25)23-17-18(22-16(19)10-21-17)27-11-12-5-3-2-4-6-12/h2-10H,11H2,1H3,(H,21,23). The minimum atomic E-state index is -4.05. The van der Waals surface area contributed by atoms with E-state index in [1.54, 1.807) is 0 Å². The van der Waals surface area contributed by atoms with Crippen LogP contribution in [0.5, 0.6) is 11.6 Å². The monoisotopic (exact) mass is 483 g/mol. The summed E-state index contributed by atoms with van der Waals surface area (Å²) in [6.07, 6.45) is 1.36.